The quantitative estimate of drug-likeness (QED) is 0.555. The minimum atomic E-state index is -3.32. The predicted molar refractivity (Wildman–Crippen MR) is 105 cm³/mol. The van der Waals surface area contributed by atoms with E-state index in [2.05, 4.69) is 19.7 Å². The molecule has 0 saturated heterocycles. The van der Waals surface area contributed by atoms with Gasteiger partial charge in [-0.05, 0) is 35.9 Å². The Morgan fingerprint density at radius 2 is 2.00 bits per heavy atom. The zero-order valence-corrected chi connectivity index (χ0v) is 15.4. The summed E-state index contributed by atoms with van der Waals surface area (Å²) in [6, 6.07) is 12.9. The highest BCUT2D eigenvalue weighted by atomic mass is 32.2. The van der Waals surface area contributed by atoms with Crippen molar-refractivity contribution in [3.63, 3.8) is 0 Å². The average Bonchev–Trinajstić information content (AvgIpc) is 3.09. The summed E-state index contributed by atoms with van der Waals surface area (Å²) in [6.07, 6.45) is 6.93. The van der Waals surface area contributed by atoms with Gasteiger partial charge in [0.25, 0.3) is 0 Å². The van der Waals surface area contributed by atoms with Gasteiger partial charge in [-0.3, -0.25) is 9.71 Å². The predicted octanol–water partition coefficient (Wildman–Crippen LogP) is 2.98. The Hall–Kier alpha value is -3.26. The number of aromatic nitrogens is 4. The van der Waals surface area contributed by atoms with E-state index in [1.807, 2.05) is 30.5 Å². The summed E-state index contributed by atoms with van der Waals surface area (Å²) in [6.45, 7) is 0. The molecule has 1 aromatic carbocycles. The monoisotopic (exact) mass is 379 g/mol. The van der Waals surface area contributed by atoms with Gasteiger partial charge in [-0.15, -0.1) is 0 Å². The second kappa shape index (κ2) is 6.81. The van der Waals surface area contributed by atoms with Gasteiger partial charge in [-0.1, -0.05) is 12.1 Å². The lowest BCUT2D eigenvalue weighted by molar-refractivity contribution is 0.607. The molecule has 4 rings (SSSR count). The molecule has 4 aromatic rings. The first kappa shape index (κ1) is 17.2. The largest absolute Gasteiger partial charge is 0.358 e. The van der Waals surface area contributed by atoms with Crippen LogP contribution in [0.4, 0.5) is 5.69 Å². The molecule has 0 aliphatic carbocycles. The van der Waals surface area contributed by atoms with Crippen LogP contribution in [0.3, 0.4) is 0 Å². The fourth-order valence-corrected chi connectivity index (χ4v) is 3.48. The van der Waals surface area contributed by atoms with Crippen molar-refractivity contribution in [2.24, 2.45) is 0 Å². The number of fused-ring (bicyclic) bond motifs is 1. The number of aromatic amines is 1. The highest BCUT2D eigenvalue weighted by Gasteiger charge is 2.12. The molecule has 7 nitrogen and oxygen atoms in total. The van der Waals surface area contributed by atoms with Gasteiger partial charge in [-0.2, -0.15) is 0 Å². The van der Waals surface area contributed by atoms with Crippen molar-refractivity contribution in [2.75, 3.05) is 11.0 Å². The minimum absolute atomic E-state index is 0.480. The van der Waals surface area contributed by atoms with Crippen molar-refractivity contribution in [3.05, 3.63) is 72.4 Å². The molecule has 2 N–H and O–H groups in total. The van der Waals surface area contributed by atoms with Gasteiger partial charge in [0.2, 0.25) is 10.0 Å². The van der Waals surface area contributed by atoms with E-state index in [4.69, 9.17) is 4.98 Å². The number of hydrogen-bond acceptors (Lipinski definition) is 5. The Morgan fingerprint density at radius 3 is 2.78 bits per heavy atom. The molecule has 3 heterocycles. The van der Waals surface area contributed by atoms with Gasteiger partial charge in [0.1, 0.15) is 5.82 Å². The maximum atomic E-state index is 11.4. The Bertz CT molecular complexity index is 1200. The highest BCUT2D eigenvalue weighted by Crippen LogP contribution is 2.25. The Morgan fingerprint density at radius 1 is 1.11 bits per heavy atom. The third-order valence-corrected chi connectivity index (χ3v) is 4.59. The molecule has 27 heavy (non-hydrogen) atoms. The van der Waals surface area contributed by atoms with Crippen molar-refractivity contribution >= 4 is 26.7 Å². The molecule has 8 heteroatoms. The first-order valence-corrected chi connectivity index (χ1v) is 10.2. The van der Waals surface area contributed by atoms with E-state index in [9.17, 15) is 8.42 Å². The molecule has 0 radical (unpaired) electrons. The van der Waals surface area contributed by atoms with Crippen molar-refractivity contribution in [1.82, 2.24) is 19.9 Å². The van der Waals surface area contributed by atoms with Crippen LogP contribution in [0.15, 0.2) is 61.1 Å². The lowest BCUT2D eigenvalue weighted by Crippen LogP contribution is -2.09. The molecule has 0 atom stereocenters. The molecule has 3 aromatic heterocycles. The second-order valence-corrected chi connectivity index (χ2v) is 7.97. The lowest BCUT2D eigenvalue weighted by atomic mass is 10.1. The summed E-state index contributed by atoms with van der Waals surface area (Å²) in [5, 5.41) is 0. The number of benzene rings is 1. The van der Waals surface area contributed by atoms with Crippen molar-refractivity contribution in [2.45, 2.75) is 6.42 Å². The van der Waals surface area contributed by atoms with Crippen LogP contribution in [0.2, 0.25) is 0 Å². The molecule has 0 amide bonds. The smallest absolute Gasteiger partial charge is 0.229 e. The molecule has 0 aliphatic heterocycles. The molecular formula is C19H17N5O2S. The molecule has 0 fully saturated rings. The Balaban J connectivity index is 1.72. The number of anilines is 1. The maximum Gasteiger partial charge on any atom is 0.229 e. The summed E-state index contributed by atoms with van der Waals surface area (Å²) in [4.78, 5) is 16.7. The van der Waals surface area contributed by atoms with Crippen molar-refractivity contribution in [3.8, 4) is 11.3 Å². The van der Waals surface area contributed by atoms with Crippen LogP contribution in [0, 0.1) is 0 Å². The fraction of sp³-hybridized carbons (Fsp3) is 0.105. The van der Waals surface area contributed by atoms with E-state index < -0.39 is 10.0 Å². The summed E-state index contributed by atoms with van der Waals surface area (Å²) in [5.74, 6) is 0.650. The SMILES string of the molecule is CS(=O)(=O)Nc1cccc(Cc2nc(-c3cccnc3)c3[nH]ccc3n2)c1. The standard InChI is InChI=1S/C19H17N5O2S/c1-27(25,26)24-15-6-2-4-13(10-15)11-17-22-16-7-9-21-19(16)18(23-17)14-5-3-8-20-12-14/h2-10,12,21,24H,11H2,1H3. The van der Waals surface area contributed by atoms with Crippen LogP contribution < -0.4 is 4.72 Å². The van der Waals surface area contributed by atoms with Crippen LogP contribution in [0.5, 0.6) is 0 Å². The molecule has 0 bridgehead atoms. The number of rotatable bonds is 5. The zero-order chi connectivity index (χ0) is 18.9. The summed E-state index contributed by atoms with van der Waals surface area (Å²) in [7, 11) is -3.32. The number of sulfonamides is 1. The van der Waals surface area contributed by atoms with Gasteiger partial charge < -0.3 is 4.98 Å². The van der Waals surface area contributed by atoms with Gasteiger partial charge in [0, 0.05) is 36.3 Å². The third-order valence-electron chi connectivity index (χ3n) is 3.98. The summed E-state index contributed by atoms with van der Waals surface area (Å²) >= 11 is 0. The number of hydrogen-bond donors (Lipinski definition) is 2. The first-order chi connectivity index (χ1) is 13.0. The normalized spacial score (nSPS) is 11.6. The maximum absolute atomic E-state index is 11.4. The van der Waals surface area contributed by atoms with Gasteiger partial charge in [0.05, 0.1) is 23.0 Å². The minimum Gasteiger partial charge on any atom is -0.358 e. The molecule has 136 valence electrons. The number of H-pyrrole nitrogens is 1. The van der Waals surface area contributed by atoms with E-state index in [0.29, 0.717) is 17.9 Å². The highest BCUT2D eigenvalue weighted by molar-refractivity contribution is 7.92. The molecular weight excluding hydrogens is 362 g/mol. The number of nitrogens with one attached hydrogen (secondary N) is 2. The number of pyridine rings is 1. The van der Waals surface area contributed by atoms with Crippen molar-refractivity contribution < 1.29 is 8.42 Å². The number of nitrogens with zero attached hydrogens (tertiary/aromatic N) is 3. The Kier molecular flexibility index (Phi) is 4.33. The van der Waals surface area contributed by atoms with E-state index in [-0.39, 0.29) is 0 Å². The lowest BCUT2D eigenvalue weighted by Gasteiger charge is -2.08. The van der Waals surface area contributed by atoms with Crippen LogP contribution in [0.1, 0.15) is 11.4 Å². The van der Waals surface area contributed by atoms with Crippen molar-refractivity contribution in [1.29, 1.82) is 0 Å². The van der Waals surface area contributed by atoms with E-state index in [1.54, 1.807) is 30.6 Å². The van der Waals surface area contributed by atoms with Gasteiger partial charge >= 0.3 is 0 Å². The third kappa shape index (κ3) is 3.95. The fourth-order valence-electron chi connectivity index (χ4n) is 2.93. The topological polar surface area (TPSA) is 101 Å². The molecule has 0 spiro atoms. The second-order valence-electron chi connectivity index (χ2n) is 6.22. The summed E-state index contributed by atoms with van der Waals surface area (Å²) in [5.41, 5.74) is 4.81. The van der Waals surface area contributed by atoms with Gasteiger partial charge in [-0.25, -0.2) is 18.4 Å². The van der Waals surface area contributed by atoms with E-state index in [1.165, 1.54) is 0 Å². The van der Waals surface area contributed by atoms with Crippen LogP contribution in [-0.4, -0.2) is 34.6 Å². The van der Waals surface area contributed by atoms with Crippen LogP contribution in [0.25, 0.3) is 22.3 Å². The zero-order valence-electron chi connectivity index (χ0n) is 14.5. The summed E-state index contributed by atoms with van der Waals surface area (Å²) < 4.78 is 25.4. The average molecular weight is 379 g/mol. The van der Waals surface area contributed by atoms with Crippen LogP contribution in [-0.2, 0) is 16.4 Å². The van der Waals surface area contributed by atoms with E-state index >= 15 is 0 Å². The molecule has 0 unspecified atom stereocenters. The first-order valence-electron chi connectivity index (χ1n) is 8.29. The Labute approximate surface area is 156 Å². The van der Waals surface area contributed by atoms with Crippen LogP contribution >= 0.6 is 0 Å². The van der Waals surface area contributed by atoms with Gasteiger partial charge in [0.15, 0.2) is 0 Å². The van der Waals surface area contributed by atoms with E-state index in [0.717, 1.165) is 34.1 Å². The molecule has 0 aliphatic rings. The molecule has 0 saturated carbocycles.